The van der Waals surface area contributed by atoms with Gasteiger partial charge in [0.25, 0.3) is 5.91 Å². The van der Waals surface area contributed by atoms with E-state index in [2.05, 4.69) is 4.98 Å². The van der Waals surface area contributed by atoms with Crippen LogP contribution < -0.4 is 5.32 Å². The molecule has 1 aromatic carbocycles. The lowest BCUT2D eigenvalue weighted by atomic mass is 9.88. The van der Waals surface area contributed by atoms with Crippen LogP contribution >= 0.6 is 11.3 Å². The molecule has 1 saturated heterocycles. The van der Waals surface area contributed by atoms with Crippen molar-refractivity contribution < 1.29 is 27.9 Å². The first-order chi connectivity index (χ1) is 13.7. The van der Waals surface area contributed by atoms with Crippen molar-refractivity contribution in [1.82, 2.24) is 15.2 Å². The molecule has 2 N–H and O–H groups in total. The first kappa shape index (κ1) is 21.1. The number of benzene rings is 1. The number of aryl methyl sites for hydroxylation is 1. The van der Waals surface area contributed by atoms with Gasteiger partial charge in [-0.3, -0.25) is 4.79 Å². The number of likely N-dealkylation sites (tertiary alicyclic amines) is 1. The third kappa shape index (κ3) is 4.69. The van der Waals surface area contributed by atoms with Crippen LogP contribution in [-0.4, -0.2) is 52.3 Å². The van der Waals surface area contributed by atoms with E-state index in [0.717, 1.165) is 10.5 Å². The standard InChI is InChI=1S/C19H20F3N3O3S/c1-11-24-15(16(29-11)12-6-3-2-4-7-12)17(26)25-9-5-8-13(19(20,21)22)14(25)10-23-18(27)28/h2-4,6-7,13-14,23H,5,8-10H2,1H3,(H,27,28)/t13-,14-/m1/s1. The molecule has 3 rings (SSSR count). The van der Waals surface area contributed by atoms with Gasteiger partial charge in [0, 0.05) is 13.1 Å². The predicted molar refractivity (Wildman–Crippen MR) is 102 cm³/mol. The van der Waals surface area contributed by atoms with Crippen LogP contribution in [-0.2, 0) is 0 Å². The Bertz CT molecular complexity index is 886. The van der Waals surface area contributed by atoms with Crippen molar-refractivity contribution in [2.45, 2.75) is 32.0 Å². The van der Waals surface area contributed by atoms with Crippen molar-refractivity contribution in [3.63, 3.8) is 0 Å². The van der Waals surface area contributed by atoms with Crippen molar-refractivity contribution in [2.75, 3.05) is 13.1 Å². The lowest BCUT2D eigenvalue weighted by Gasteiger charge is -2.41. The van der Waals surface area contributed by atoms with E-state index < -0.39 is 36.7 Å². The fraction of sp³-hybridized carbons (Fsp3) is 0.421. The van der Waals surface area contributed by atoms with E-state index in [-0.39, 0.29) is 25.1 Å². The Labute approximate surface area is 169 Å². The maximum atomic E-state index is 13.6. The Balaban J connectivity index is 1.97. The van der Waals surface area contributed by atoms with Gasteiger partial charge in [-0.15, -0.1) is 11.3 Å². The first-order valence-electron chi connectivity index (χ1n) is 9.06. The topological polar surface area (TPSA) is 82.5 Å². The van der Waals surface area contributed by atoms with Crippen LogP contribution in [0.1, 0.15) is 28.3 Å². The quantitative estimate of drug-likeness (QED) is 0.767. The molecular weight excluding hydrogens is 407 g/mol. The third-order valence-corrected chi connectivity index (χ3v) is 5.92. The maximum Gasteiger partial charge on any atom is 0.404 e. The van der Waals surface area contributed by atoms with Crippen molar-refractivity contribution in [2.24, 2.45) is 5.92 Å². The van der Waals surface area contributed by atoms with E-state index in [1.54, 1.807) is 19.1 Å². The van der Waals surface area contributed by atoms with Gasteiger partial charge in [0.05, 0.1) is 21.8 Å². The Hall–Kier alpha value is -2.62. The highest BCUT2D eigenvalue weighted by Gasteiger charge is 2.49. The molecule has 1 aliphatic rings. The number of aromatic nitrogens is 1. The predicted octanol–water partition coefficient (Wildman–Crippen LogP) is 4.17. The highest BCUT2D eigenvalue weighted by molar-refractivity contribution is 7.15. The molecule has 2 amide bonds. The Morgan fingerprint density at radius 3 is 2.62 bits per heavy atom. The SMILES string of the molecule is Cc1nc(C(=O)N2CCC[C@@H](C(F)(F)F)[C@H]2CNC(=O)O)c(-c2ccccc2)s1. The van der Waals surface area contributed by atoms with Gasteiger partial charge in [0.2, 0.25) is 0 Å². The van der Waals surface area contributed by atoms with E-state index in [9.17, 15) is 22.8 Å². The average molecular weight is 427 g/mol. The summed E-state index contributed by atoms with van der Waals surface area (Å²) in [5, 5.41) is 11.5. The molecule has 1 fully saturated rings. The highest BCUT2D eigenvalue weighted by Crippen LogP contribution is 2.39. The molecule has 0 spiro atoms. The Morgan fingerprint density at radius 2 is 2.00 bits per heavy atom. The van der Waals surface area contributed by atoms with Crippen molar-refractivity contribution in [3.05, 3.63) is 41.0 Å². The van der Waals surface area contributed by atoms with Gasteiger partial charge in [-0.05, 0) is 25.3 Å². The zero-order valence-electron chi connectivity index (χ0n) is 15.6. The minimum Gasteiger partial charge on any atom is -0.465 e. The molecule has 156 valence electrons. The molecular formula is C19H20F3N3O3S. The second-order valence-corrected chi connectivity index (χ2v) is 8.02. The summed E-state index contributed by atoms with van der Waals surface area (Å²) < 4.78 is 40.7. The van der Waals surface area contributed by atoms with Crippen LogP contribution in [0.2, 0.25) is 0 Å². The number of carbonyl (C=O) groups excluding carboxylic acids is 1. The summed E-state index contributed by atoms with van der Waals surface area (Å²) >= 11 is 1.30. The zero-order valence-corrected chi connectivity index (χ0v) is 16.4. The lowest BCUT2D eigenvalue weighted by Crippen LogP contribution is -2.57. The molecule has 2 heterocycles. The van der Waals surface area contributed by atoms with Gasteiger partial charge in [0.15, 0.2) is 0 Å². The molecule has 0 bridgehead atoms. The largest absolute Gasteiger partial charge is 0.465 e. The molecule has 0 saturated carbocycles. The summed E-state index contributed by atoms with van der Waals surface area (Å²) in [7, 11) is 0. The summed E-state index contributed by atoms with van der Waals surface area (Å²) in [6.45, 7) is 1.35. The molecule has 2 atom stereocenters. The minimum atomic E-state index is -4.54. The van der Waals surface area contributed by atoms with Gasteiger partial charge < -0.3 is 15.3 Å². The molecule has 0 radical (unpaired) electrons. The summed E-state index contributed by atoms with van der Waals surface area (Å²) in [5.41, 5.74) is 0.855. The number of piperidine rings is 1. The highest BCUT2D eigenvalue weighted by atomic mass is 32.1. The van der Waals surface area contributed by atoms with Crippen molar-refractivity contribution >= 4 is 23.3 Å². The molecule has 6 nitrogen and oxygen atoms in total. The van der Waals surface area contributed by atoms with Crippen LogP contribution in [0.5, 0.6) is 0 Å². The number of thiazole rings is 1. The zero-order chi connectivity index (χ0) is 21.2. The summed E-state index contributed by atoms with van der Waals surface area (Å²) in [4.78, 5) is 30.1. The molecule has 1 aromatic heterocycles. The molecule has 1 aliphatic heterocycles. The third-order valence-electron chi connectivity index (χ3n) is 4.90. The average Bonchev–Trinajstić information content (AvgIpc) is 3.07. The number of alkyl halides is 3. The van der Waals surface area contributed by atoms with Crippen molar-refractivity contribution in [3.8, 4) is 10.4 Å². The summed E-state index contributed by atoms with van der Waals surface area (Å²) in [5.74, 6) is -2.41. The lowest BCUT2D eigenvalue weighted by molar-refractivity contribution is -0.197. The normalized spacial score (nSPS) is 19.8. The van der Waals surface area contributed by atoms with E-state index >= 15 is 0 Å². The number of hydrogen-bond donors (Lipinski definition) is 2. The van der Waals surface area contributed by atoms with Crippen LogP contribution in [0.4, 0.5) is 18.0 Å². The van der Waals surface area contributed by atoms with E-state index in [1.165, 1.54) is 11.3 Å². The van der Waals surface area contributed by atoms with Gasteiger partial charge in [0.1, 0.15) is 5.69 Å². The van der Waals surface area contributed by atoms with Crippen LogP contribution in [0, 0.1) is 12.8 Å². The summed E-state index contributed by atoms with van der Waals surface area (Å²) in [6, 6.07) is 7.73. The number of hydrogen-bond acceptors (Lipinski definition) is 4. The fourth-order valence-corrected chi connectivity index (χ4v) is 4.54. The smallest absolute Gasteiger partial charge is 0.404 e. The van der Waals surface area contributed by atoms with Gasteiger partial charge >= 0.3 is 12.3 Å². The molecule has 10 heteroatoms. The number of nitrogens with one attached hydrogen (secondary N) is 1. The Kier molecular flexibility index (Phi) is 6.11. The fourth-order valence-electron chi connectivity index (χ4n) is 3.63. The number of carbonyl (C=O) groups is 2. The molecule has 2 aromatic rings. The number of carboxylic acid groups (broad SMARTS) is 1. The van der Waals surface area contributed by atoms with Crippen LogP contribution in [0.25, 0.3) is 10.4 Å². The van der Waals surface area contributed by atoms with Gasteiger partial charge in [-0.2, -0.15) is 13.2 Å². The number of nitrogens with zero attached hydrogens (tertiary/aromatic N) is 2. The van der Waals surface area contributed by atoms with E-state index in [1.807, 2.05) is 23.5 Å². The number of rotatable bonds is 4. The molecule has 0 aliphatic carbocycles. The first-order valence-corrected chi connectivity index (χ1v) is 9.87. The second kappa shape index (κ2) is 8.40. The summed E-state index contributed by atoms with van der Waals surface area (Å²) in [6.07, 6.45) is -5.94. The monoisotopic (exact) mass is 427 g/mol. The van der Waals surface area contributed by atoms with E-state index in [0.29, 0.717) is 9.88 Å². The van der Waals surface area contributed by atoms with Crippen molar-refractivity contribution in [1.29, 1.82) is 0 Å². The Morgan fingerprint density at radius 1 is 1.31 bits per heavy atom. The minimum absolute atomic E-state index is 0.0989. The second-order valence-electron chi connectivity index (χ2n) is 6.82. The maximum absolute atomic E-state index is 13.6. The van der Waals surface area contributed by atoms with Crippen LogP contribution in [0.15, 0.2) is 30.3 Å². The molecule has 29 heavy (non-hydrogen) atoms. The van der Waals surface area contributed by atoms with E-state index in [4.69, 9.17) is 5.11 Å². The van der Waals surface area contributed by atoms with Gasteiger partial charge in [-0.1, -0.05) is 30.3 Å². The number of amides is 2. The molecule has 0 unspecified atom stereocenters. The number of halogens is 3. The van der Waals surface area contributed by atoms with Crippen LogP contribution in [0.3, 0.4) is 0 Å². The van der Waals surface area contributed by atoms with Gasteiger partial charge in [-0.25, -0.2) is 9.78 Å².